The molecule has 3 aromatic carbocycles. The van der Waals surface area contributed by atoms with E-state index >= 15 is 0 Å². The first kappa shape index (κ1) is 29.7. The fourth-order valence-electron chi connectivity index (χ4n) is 5.50. The van der Waals surface area contributed by atoms with Crippen molar-refractivity contribution in [2.75, 3.05) is 10.7 Å². The highest BCUT2D eigenvalue weighted by atomic mass is 32.2. The molecule has 1 N–H and O–H groups in total. The summed E-state index contributed by atoms with van der Waals surface area (Å²) in [6.45, 7) is 6.35. The third-order valence-electron chi connectivity index (χ3n) is 7.81. The Morgan fingerprint density at radius 1 is 1.05 bits per heavy atom. The highest BCUT2D eigenvalue weighted by Gasteiger charge is 2.40. The molecule has 228 valence electrons. The zero-order chi connectivity index (χ0) is 31.0. The third kappa shape index (κ3) is 6.59. The smallest absolute Gasteiger partial charge is 0.406 e. The number of amidine groups is 1. The van der Waals surface area contributed by atoms with Crippen molar-refractivity contribution >= 4 is 28.6 Å². The molecule has 2 aliphatic rings. The minimum Gasteiger partial charge on any atom is -0.406 e. The second-order valence-corrected chi connectivity index (χ2v) is 12.1. The van der Waals surface area contributed by atoms with E-state index in [9.17, 15) is 18.0 Å². The van der Waals surface area contributed by atoms with E-state index in [0.717, 1.165) is 51.7 Å². The summed E-state index contributed by atoms with van der Waals surface area (Å²) in [5, 5.41) is 8.28. The van der Waals surface area contributed by atoms with Gasteiger partial charge in [-0.1, -0.05) is 54.2 Å². The largest absolute Gasteiger partial charge is 0.573 e. The van der Waals surface area contributed by atoms with Crippen LogP contribution in [-0.2, 0) is 0 Å². The first-order valence-electron chi connectivity index (χ1n) is 14.3. The molecule has 1 aliphatic carbocycles. The van der Waals surface area contributed by atoms with Gasteiger partial charge in [-0.2, -0.15) is 4.99 Å². The molecule has 0 bridgehead atoms. The van der Waals surface area contributed by atoms with E-state index in [1.807, 2.05) is 30.3 Å². The van der Waals surface area contributed by atoms with Gasteiger partial charge in [0.1, 0.15) is 12.1 Å². The van der Waals surface area contributed by atoms with Crippen LogP contribution in [0.5, 0.6) is 5.75 Å². The number of urea groups is 1. The Labute approximate surface area is 257 Å². The summed E-state index contributed by atoms with van der Waals surface area (Å²) < 4.78 is 42.7. The number of halogens is 3. The molecular weight excluding hydrogens is 589 g/mol. The van der Waals surface area contributed by atoms with Crippen molar-refractivity contribution < 1.29 is 22.7 Å². The van der Waals surface area contributed by atoms with Gasteiger partial charge in [0.2, 0.25) is 0 Å². The number of carbonyl (C=O) groups is 1. The van der Waals surface area contributed by atoms with Crippen molar-refractivity contribution in [2.24, 2.45) is 4.99 Å². The molecule has 4 aromatic rings. The number of ether oxygens (including phenoxy) is 1. The molecule has 2 heterocycles. The molecule has 1 saturated carbocycles. The Morgan fingerprint density at radius 3 is 2.43 bits per heavy atom. The molecule has 44 heavy (non-hydrogen) atoms. The number of nitrogens with zero attached hydrogens (tertiary/aromatic N) is 5. The summed E-state index contributed by atoms with van der Waals surface area (Å²) in [4.78, 5) is 24.1. The van der Waals surface area contributed by atoms with E-state index in [2.05, 4.69) is 62.9 Å². The summed E-state index contributed by atoms with van der Waals surface area (Å²) in [7, 11) is 0. The van der Waals surface area contributed by atoms with Gasteiger partial charge in [0.15, 0.2) is 11.0 Å². The Balaban J connectivity index is 1.08. The Hall–Kier alpha value is -4.32. The Kier molecular flexibility index (Phi) is 8.10. The minimum absolute atomic E-state index is 0.0130. The van der Waals surface area contributed by atoms with Gasteiger partial charge < -0.3 is 15.0 Å². The standard InChI is InChI=1S/C32H31F3N6O2S/c1-19-5-4-6-20(2)28(19)41-21(3)15-16-44-31(41)38-30(42)37-27-17-26(27)22-7-9-23(10-8-22)29-36-18-40(39-29)24-11-13-25(14-12-24)43-32(33,34)35/h4-14,18,21,26-27H,15-17H2,1-3H3,(H,37,42)/b38-31-. The maximum atomic E-state index is 13.0. The van der Waals surface area contributed by atoms with Crippen molar-refractivity contribution in [3.8, 4) is 22.8 Å². The molecule has 12 heteroatoms. The van der Waals surface area contributed by atoms with Gasteiger partial charge in [0.05, 0.1) is 5.69 Å². The molecule has 3 atom stereocenters. The molecular formula is C32H31F3N6O2S. The summed E-state index contributed by atoms with van der Waals surface area (Å²) in [5.41, 5.74) is 5.89. The molecule has 6 rings (SSSR count). The Morgan fingerprint density at radius 2 is 1.75 bits per heavy atom. The summed E-state index contributed by atoms with van der Waals surface area (Å²) in [6.07, 6.45) is -1.39. The number of anilines is 1. The average molecular weight is 621 g/mol. The predicted molar refractivity (Wildman–Crippen MR) is 166 cm³/mol. The van der Waals surface area contributed by atoms with Crippen LogP contribution in [0.15, 0.2) is 78.0 Å². The summed E-state index contributed by atoms with van der Waals surface area (Å²) >= 11 is 1.62. The summed E-state index contributed by atoms with van der Waals surface area (Å²) in [5.74, 6) is 1.30. The zero-order valence-corrected chi connectivity index (χ0v) is 25.2. The lowest BCUT2D eigenvalue weighted by molar-refractivity contribution is -0.274. The Bertz CT molecular complexity index is 1670. The minimum atomic E-state index is -4.75. The number of nitrogens with one attached hydrogen (secondary N) is 1. The maximum Gasteiger partial charge on any atom is 0.573 e. The quantitative estimate of drug-likeness (QED) is 0.242. The van der Waals surface area contributed by atoms with Gasteiger partial charge in [0, 0.05) is 35.0 Å². The highest BCUT2D eigenvalue weighted by Crippen LogP contribution is 2.41. The van der Waals surface area contributed by atoms with Crippen LogP contribution >= 0.6 is 11.8 Å². The third-order valence-corrected chi connectivity index (χ3v) is 8.80. The van der Waals surface area contributed by atoms with E-state index in [4.69, 9.17) is 0 Å². The maximum absolute atomic E-state index is 13.0. The predicted octanol–water partition coefficient (Wildman–Crippen LogP) is 7.40. The number of hydrogen-bond acceptors (Lipinski definition) is 5. The monoisotopic (exact) mass is 620 g/mol. The molecule has 0 radical (unpaired) electrons. The van der Waals surface area contributed by atoms with Crippen molar-refractivity contribution in [3.05, 3.63) is 89.7 Å². The van der Waals surface area contributed by atoms with Crippen LogP contribution < -0.4 is 15.0 Å². The second-order valence-electron chi connectivity index (χ2n) is 11.1. The van der Waals surface area contributed by atoms with Gasteiger partial charge >= 0.3 is 12.4 Å². The molecule has 2 amide bonds. The number of aliphatic imine (C=N–C) groups is 1. The van der Waals surface area contributed by atoms with E-state index in [0.29, 0.717) is 11.5 Å². The normalized spacial score (nSPS) is 20.9. The summed E-state index contributed by atoms with van der Waals surface area (Å²) in [6, 6.07) is 19.4. The number of hydrogen-bond donors (Lipinski definition) is 1. The molecule has 0 spiro atoms. The van der Waals surface area contributed by atoms with Crippen LogP contribution in [0.2, 0.25) is 0 Å². The average Bonchev–Trinajstić information content (AvgIpc) is 3.55. The SMILES string of the molecule is Cc1cccc(C)c1N1/C(=N/C(=O)NC2CC2c2ccc(-c3ncn(-c4ccc(OC(F)(F)F)cc4)n3)cc2)SCCC1C. The lowest BCUT2D eigenvalue weighted by Gasteiger charge is -2.37. The van der Waals surface area contributed by atoms with Crippen LogP contribution in [0, 0.1) is 13.8 Å². The van der Waals surface area contributed by atoms with E-state index in [1.165, 1.54) is 35.3 Å². The van der Waals surface area contributed by atoms with Crippen molar-refractivity contribution in [3.63, 3.8) is 0 Å². The molecule has 1 aromatic heterocycles. The van der Waals surface area contributed by atoms with Crippen LogP contribution in [0.3, 0.4) is 0 Å². The number of carbonyl (C=O) groups excluding carboxylic acids is 1. The van der Waals surface area contributed by atoms with Crippen LogP contribution in [0.25, 0.3) is 17.1 Å². The molecule has 3 unspecified atom stereocenters. The number of aryl methyl sites for hydroxylation is 2. The number of alkyl halides is 3. The van der Waals surface area contributed by atoms with Crippen molar-refractivity contribution in [1.29, 1.82) is 0 Å². The number of aromatic nitrogens is 3. The first-order chi connectivity index (χ1) is 21.1. The first-order valence-corrected chi connectivity index (χ1v) is 15.3. The van der Waals surface area contributed by atoms with Crippen LogP contribution in [0.1, 0.15) is 42.4 Å². The fraction of sp³-hybridized carbons (Fsp3) is 0.312. The molecule has 1 aliphatic heterocycles. The highest BCUT2D eigenvalue weighted by molar-refractivity contribution is 8.14. The van der Waals surface area contributed by atoms with Crippen LogP contribution in [-0.4, -0.2) is 50.2 Å². The number of amides is 2. The van der Waals surface area contributed by atoms with Crippen molar-refractivity contribution in [1.82, 2.24) is 20.1 Å². The van der Waals surface area contributed by atoms with Crippen LogP contribution in [0.4, 0.5) is 23.7 Å². The molecule has 2 fully saturated rings. The topological polar surface area (TPSA) is 84.6 Å². The van der Waals surface area contributed by atoms with Crippen molar-refractivity contribution in [2.45, 2.75) is 58.0 Å². The van der Waals surface area contributed by atoms with E-state index < -0.39 is 6.36 Å². The van der Waals surface area contributed by atoms with Gasteiger partial charge in [-0.3, -0.25) is 0 Å². The number of rotatable bonds is 6. The number of thioether (sulfide) groups is 1. The van der Waals surface area contributed by atoms with Gasteiger partial charge in [-0.15, -0.1) is 18.3 Å². The lowest BCUT2D eigenvalue weighted by Crippen LogP contribution is -2.43. The molecule has 8 nitrogen and oxygen atoms in total. The van der Waals surface area contributed by atoms with E-state index in [1.54, 1.807) is 11.8 Å². The number of para-hydroxylation sites is 1. The lowest BCUT2D eigenvalue weighted by atomic mass is 10.1. The zero-order valence-electron chi connectivity index (χ0n) is 24.4. The fourth-order valence-corrected chi connectivity index (χ4v) is 6.70. The molecule has 1 saturated heterocycles. The van der Waals surface area contributed by atoms with Gasteiger partial charge in [0.25, 0.3) is 0 Å². The van der Waals surface area contributed by atoms with E-state index in [-0.39, 0.29) is 29.8 Å². The number of benzene rings is 3. The van der Waals surface area contributed by atoms with Gasteiger partial charge in [-0.25, -0.2) is 14.5 Å². The van der Waals surface area contributed by atoms with Gasteiger partial charge in [-0.05, 0) is 74.6 Å². The second kappa shape index (κ2) is 12.0.